The standard InChI is InChI=1S/C26H23N3O5S/c1-4-34-26(31)22-21(16-8-6-10-18(13-16)33-3)19(14-27)25-29(23(22)28)24(30)20(35-25)12-15-7-5-9-17(11-15)32-2/h5-13,21H,4,28H2,1-3H3/b20-12-/t21-/m0/s1. The second-order valence-corrected chi connectivity index (χ2v) is 8.62. The van der Waals surface area contributed by atoms with E-state index in [-0.39, 0.29) is 23.6 Å². The fraction of sp³-hybridized carbons (Fsp3) is 0.192. The van der Waals surface area contributed by atoms with Crippen molar-refractivity contribution in [3.63, 3.8) is 0 Å². The van der Waals surface area contributed by atoms with Crippen LogP contribution in [0, 0.1) is 11.3 Å². The number of hydrogen-bond acceptors (Lipinski definition) is 8. The van der Waals surface area contributed by atoms with Crippen LogP contribution < -0.4 is 30.0 Å². The molecule has 2 heterocycles. The summed E-state index contributed by atoms with van der Waals surface area (Å²) in [7, 11) is 3.09. The minimum atomic E-state index is -0.822. The molecule has 3 aromatic rings. The van der Waals surface area contributed by atoms with E-state index >= 15 is 0 Å². The van der Waals surface area contributed by atoms with Crippen molar-refractivity contribution in [3.8, 4) is 17.6 Å². The van der Waals surface area contributed by atoms with Gasteiger partial charge in [0.2, 0.25) is 0 Å². The molecule has 1 atom stereocenters. The van der Waals surface area contributed by atoms with Crippen LogP contribution in [0.4, 0.5) is 0 Å². The number of fused-ring (bicyclic) bond motifs is 1. The van der Waals surface area contributed by atoms with Crippen LogP contribution in [0.5, 0.6) is 11.5 Å². The Morgan fingerprint density at radius 1 is 1.17 bits per heavy atom. The van der Waals surface area contributed by atoms with Gasteiger partial charge in [0.15, 0.2) is 0 Å². The second-order valence-electron chi connectivity index (χ2n) is 7.59. The summed E-state index contributed by atoms with van der Waals surface area (Å²) < 4.78 is 17.8. The fourth-order valence-corrected chi connectivity index (χ4v) is 5.13. The summed E-state index contributed by atoms with van der Waals surface area (Å²) in [5, 5.41) is 10.2. The van der Waals surface area contributed by atoms with Crippen molar-refractivity contribution in [2.24, 2.45) is 5.73 Å². The van der Waals surface area contributed by atoms with Gasteiger partial charge in [-0.3, -0.25) is 9.36 Å². The lowest BCUT2D eigenvalue weighted by atomic mass is 9.83. The molecule has 0 aliphatic carbocycles. The highest BCUT2D eigenvalue weighted by Crippen LogP contribution is 2.37. The van der Waals surface area contributed by atoms with Crippen molar-refractivity contribution < 1.29 is 19.0 Å². The molecule has 0 saturated carbocycles. The molecular weight excluding hydrogens is 466 g/mol. The molecule has 1 aromatic heterocycles. The number of nitrogens with two attached hydrogens (primary N) is 1. The molecule has 178 valence electrons. The molecule has 4 rings (SSSR count). The maximum absolute atomic E-state index is 13.4. The number of methoxy groups -OCH3 is 2. The van der Waals surface area contributed by atoms with Crippen LogP contribution in [-0.4, -0.2) is 31.4 Å². The zero-order valence-corrected chi connectivity index (χ0v) is 20.2. The van der Waals surface area contributed by atoms with Gasteiger partial charge >= 0.3 is 5.97 Å². The van der Waals surface area contributed by atoms with Crippen molar-refractivity contribution in [3.05, 3.63) is 84.8 Å². The molecule has 1 aliphatic rings. The SMILES string of the molecule is CCOC(=O)C1=C(N)n2c(s/c(=C\c3cccc(OC)c3)c2=O)=C(C#N)[C@@H]1c1cccc(OC)c1. The first-order chi connectivity index (χ1) is 16.9. The molecule has 9 heteroatoms. The number of nitrogens with zero attached hydrogens (tertiary/aromatic N) is 2. The maximum Gasteiger partial charge on any atom is 0.338 e. The topological polar surface area (TPSA) is 117 Å². The van der Waals surface area contributed by atoms with Gasteiger partial charge in [-0.25, -0.2) is 4.79 Å². The maximum atomic E-state index is 13.4. The number of carbonyl (C=O) groups is 1. The summed E-state index contributed by atoms with van der Waals surface area (Å²) in [4.78, 5) is 26.5. The lowest BCUT2D eigenvalue weighted by Crippen LogP contribution is -2.40. The van der Waals surface area contributed by atoms with Gasteiger partial charge in [-0.05, 0) is 48.4 Å². The summed E-state index contributed by atoms with van der Waals surface area (Å²) in [6.07, 6.45) is 1.70. The molecule has 0 spiro atoms. The smallest absolute Gasteiger partial charge is 0.338 e. The second kappa shape index (κ2) is 9.91. The minimum Gasteiger partial charge on any atom is -0.497 e. The predicted octanol–water partition coefficient (Wildman–Crippen LogP) is 1.92. The Morgan fingerprint density at radius 2 is 1.86 bits per heavy atom. The molecule has 0 unspecified atom stereocenters. The van der Waals surface area contributed by atoms with E-state index in [1.54, 1.807) is 56.5 Å². The highest BCUT2D eigenvalue weighted by Gasteiger charge is 2.36. The van der Waals surface area contributed by atoms with E-state index in [0.29, 0.717) is 26.3 Å². The lowest BCUT2D eigenvalue weighted by Gasteiger charge is -2.25. The molecule has 1 aliphatic heterocycles. The minimum absolute atomic E-state index is 0.0389. The molecule has 0 fully saturated rings. The number of carbonyl (C=O) groups excluding carboxylic acids is 1. The first-order valence-corrected chi connectivity index (χ1v) is 11.6. The highest BCUT2D eigenvalue weighted by molar-refractivity contribution is 7.07. The van der Waals surface area contributed by atoms with Crippen LogP contribution >= 0.6 is 11.3 Å². The van der Waals surface area contributed by atoms with Gasteiger partial charge in [0.1, 0.15) is 22.0 Å². The Morgan fingerprint density at radius 3 is 2.51 bits per heavy atom. The zero-order chi connectivity index (χ0) is 25.1. The molecule has 0 radical (unpaired) electrons. The average molecular weight is 490 g/mol. The third kappa shape index (κ3) is 4.32. The quantitative estimate of drug-likeness (QED) is 0.526. The van der Waals surface area contributed by atoms with E-state index < -0.39 is 17.4 Å². The van der Waals surface area contributed by atoms with Gasteiger partial charge in [-0.2, -0.15) is 5.26 Å². The van der Waals surface area contributed by atoms with Gasteiger partial charge in [0.05, 0.1) is 48.5 Å². The predicted molar refractivity (Wildman–Crippen MR) is 133 cm³/mol. The first-order valence-electron chi connectivity index (χ1n) is 10.8. The third-order valence-electron chi connectivity index (χ3n) is 5.58. The normalized spacial score (nSPS) is 15.4. The van der Waals surface area contributed by atoms with Crippen LogP contribution in [0.3, 0.4) is 0 Å². The van der Waals surface area contributed by atoms with E-state index in [9.17, 15) is 14.9 Å². The molecule has 2 N–H and O–H groups in total. The third-order valence-corrected chi connectivity index (χ3v) is 6.69. The summed E-state index contributed by atoms with van der Waals surface area (Å²) in [6, 6.07) is 16.5. The monoisotopic (exact) mass is 489 g/mol. The van der Waals surface area contributed by atoms with E-state index in [1.807, 2.05) is 12.1 Å². The molecule has 0 saturated heterocycles. The van der Waals surface area contributed by atoms with Crippen molar-refractivity contribution >= 4 is 34.8 Å². The first kappa shape index (κ1) is 23.9. The number of benzene rings is 2. The van der Waals surface area contributed by atoms with Crippen molar-refractivity contribution in [2.75, 3.05) is 20.8 Å². The number of esters is 1. The molecular formula is C26H23N3O5S. The van der Waals surface area contributed by atoms with E-state index in [1.165, 1.54) is 11.7 Å². The van der Waals surface area contributed by atoms with Crippen molar-refractivity contribution in [2.45, 2.75) is 12.8 Å². The van der Waals surface area contributed by atoms with Crippen LogP contribution in [0.1, 0.15) is 24.0 Å². The number of aromatic nitrogens is 1. The fourth-order valence-electron chi connectivity index (χ4n) is 4.00. The molecule has 2 aromatic carbocycles. The zero-order valence-electron chi connectivity index (χ0n) is 19.4. The van der Waals surface area contributed by atoms with Crippen molar-refractivity contribution in [1.29, 1.82) is 5.26 Å². The lowest BCUT2D eigenvalue weighted by molar-refractivity contribution is -0.138. The number of ether oxygens (including phenoxy) is 3. The molecule has 8 nitrogen and oxygen atoms in total. The molecule has 0 bridgehead atoms. The van der Waals surface area contributed by atoms with Crippen molar-refractivity contribution in [1.82, 2.24) is 4.57 Å². The van der Waals surface area contributed by atoms with E-state index in [2.05, 4.69) is 6.07 Å². The largest absolute Gasteiger partial charge is 0.497 e. The van der Waals surface area contributed by atoms with Crippen LogP contribution in [-0.2, 0) is 9.53 Å². The average Bonchev–Trinajstić information content (AvgIpc) is 3.19. The summed E-state index contributed by atoms with van der Waals surface area (Å²) in [5.41, 5.74) is 7.66. The Hall–Kier alpha value is -4.29. The number of thiazole rings is 1. The Kier molecular flexibility index (Phi) is 6.75. The van der Waals surface area contributed by atoms with E-state index in [4.69, 9.17) is 19.9 Å². The Bertz CT molecular complexity index is 1560. The number of rotatable bonds is 6. The van der Waals surface area contributed by atoms with Crippen LogP contribution in [0.25, 0.3) is 17.5 Å². The number of nitriles is 1. The van der Waals surface area contributed by atoms with Gasteiger partial charge < -0.3 is 19.9 Å². The van der Waals surface area contributed by atoms with Gasteiger partial charge in [0, 0.05) is 0 Å². The van der Waals surface area contributed by atoms with Gasteiger partial charge in [-0.1, -0.05) is 24.3 Å². The van der Waals surface area contributed by atoms with Crippen LogP contribution in [0.15, 0.2) is 58.9 Å². The number of hydrogen-bond donors (Lipinski definition) is 1. The molecule has 0 amide bonds. The molecule has 35 heavy (non-hydrogen) atoms. The summed E-state index contributed by atoms with van der Waals surface area (Å²) >= 11 is 1.14. The van der Waals surface area contributed by atoms with Gasteiger partial charge in [0.25, 0.3) is 5.56 Å². The highest BCUT2D eigenvalue weighted by atomic mass is 32.1. The van der Waals surface area contributed by atoms with E-state index in [0.717, 1.165) is 16.9 Å². The van der Waals surface area contributed by atoms with Crippen LogP contribution in [0.2, 0.25) is 0 Å². The summed E-state index contributed by atoms with van der Waals surface area (Å²) in [5.74, 6) is -0.365. The Labute approximate surface area is 205 Å². The Balaban J connectivity index is 2.05. The summed E-state index contributed by atoms with van der Waals surface area (Å²) in [6.45, 7) is 1.79. The van der Waals surface area contributed by atoms with Gasteiger partial charge in [-0.15, -0.1) is 11.3 Å².